The number of furan rings is 1. The van der Waals surface area contributed by atoms with Crippen molar-refractivity contribution in [1.82, 2.24) is 4.90 Å². The topological polar surface area (TPSA) is 63.9 Å². The van der Waals surface area contributed by atoms with Crippen LogP contribution in [0.2, 0.25) is 0 Å². The molecule has 2 heterocycles. The zero-order chi connectivity index (χ0) is 20.6. The molecule has 30 heavy (non-hydrogen) atoms. The number of ether oxygens (including phenoxy) is 2. The molecule has 1 atom stereocenters. The maximum absolute atomic E-state index is 12.6. The van der Waals surface area contributed by atoms with E-state index < -0.39 is 0 Å². The number of nitrogens with zero attached hydrogens (tertiary/aromatic N) is 1. The Bertz CT molecular complexity index is 904. The average Bonchev–Trinajstić information content (AvgIpc) is 3.45. The average molecular weight is 406 g/mol. The molecule has 1 saturated heterocycles. The molecule has 0 bridgehead atoms. The number of hydrogen-bond donors (Lipinski definition) is 1. The fourth-order valence-electron chi connectivity index (χ4n) is 3.52. The second-order valence-electron chi connectivity index (χ2n) is 7.37. The number of rotatable bonds is 9. The van der Waals surface area contributed by atoms with Crippen molar-refractivity contribution in [3.8, 4) is 11.5 Å². The second kappa shape index (κ2) is 10.1. The molecule has 1 N–H and O–H groups in total. The van der Waals surface area contributed by atoms with Gasteiger partial charge in [-0.15, -0.1) is 0 Å². The lowest BCUT2D eigenvalue weighted by molar-refractivity contribution is -0.117. The van der Waals surface area contributed by atoms with Gasteiger partial charge in [0.15, 0.2) is 0 Å². The molecule has 6 nitrogen and oxygen atoms in total. The molecule has 1 aliphatic rings. The van der Waals surface area contributed by atoms with Crippen molar-refractivity contribution in [3.63, 3.8) is 0 Å². The Hall–Kier alpha value is -3.09. The van der Waals surface area contributed by atoms with Crippen molar-refractivity contribution in [1.29, 1.82) is 0 Å². The van der Waals surface area contributed by atoms with E-state index in [4.69, 9.17) is 13.9 Å². The molecular weight excluding hydrogens is 380 g/mol. The fraction of sp³-hybridized carbons (Fsp3) is 0.292. The Kier molecular flexibility index (Phi) is 6.79. The van der Waals surface area contributed by atoms with Crippen LogP contribution in [-0.4, -0.2) is 36.6 Å². The Labute approximate surface area is 176 Å². The zero-order valence-electron chi connectivity index (χ0n) is 16.8. The zero-order valence-corrected chi connectivity index (χ0v) is 16.8. The van der Waals surface area contributed by atoms with E-state index in [1.54, 1.807) is 6.26 Å². The van der Waals surface area contributed by atoms with Crippen LogP contribution >= 0.6 is 0 Å². The Balaban J connectivity index is 1.32. The Morgan fingerprint density at radius 3 is 2.53 bits per heavy atom. The minimum absolute atomic E-state index is 0.0729. The number of carbonyl (C=O) groups is 1. The van der Waals surface area contributed by atoms with Gasteiger partial charge in [-0.1, -0.05) is 18.2 Å². The highest BCUT2D eigenvalue weighted by Gasteiger charge is 2.21. The van der Waals surface area contributed by atoms with Gasteiger partial charge in [-0.25, -0.2) is 0 Å². The number of nitrogens with one attached hydrogen (secondary N) is 1. The van der Waals surface area contributed by atoms with E-state index in [1.807, 2.05) is 66.7 Å². The van der Waals surface area contributed by atoms with Crippen LogP contribution in [0.5, 0.6) is 11.5 Å². The molecule has 0 aliphatic carbocycles. The number of hydrogen-bond acceptors (Lipinski definition) is 5. The van der Waals surface area contributed by atoms with Gasteiger partial charge in [0, 0.05) is 18.8 Å². The highest BCUT2D eigenvalue weighted by atomic mass is 16.5. The van der Waals surface area contributed by atoms with E-state index in [-0.39, 0.29) is 18.6 Å². The molecular formula is C24H26N2O4. The smallest absolute Gasteiger partial charge is 0.238 e. The summed E-state index contributed by atoms with van der Waals surface area (Å²) in [6, 6.07) is 20.7. The van der Waals surface area contributed by atoms with Crippen molar-refractivity contribution in [2.24, 2.45) is 0 Å². The van der Waals surface area contributed by atoms with Gasteiger partial charge in [-0.05, 0) is 61.4 Å². The lowest BCUT2D eigenvalue weighted by atomic mass is 10.2. The predicted molar refractivity (Wildman–Crippen MR) is 115 cm³/mol. The Morgan fingerprint density at radius 1 is 1.03 bits per heavy atom. The first-order valence-corrected chi connectivity index (χ1v) is 10.2. The third-order valence-corrected chi connectivity index (χ3v) is 4.93. The van der Waals surface area contributed by atoms with Crippen LogP contribution in [0.4, 0.5) is 5.69 Å². The molecule has 1 amide bonds. The summed E-state index contributed by atoms with van der Waals surface area (Å²) in [5.41, 5.74) is 0.732. The van der Waals surface area contributed by atoms with Crippen LogP contribution in [0.15, 0.2) is 77.4 Å². The summed E-state index contributed by atoms with van der Waals surface area (Å²) in [4.78, 5) is 14.7. The summed E-state index contributed by atoms with van der Waals surface area (Å²) < 4.78 is 17.0. The van der Waals surface area contributed by atoms with Gasteiger partial charge in [0.05, 0.1) is 25.5 Å². The van der Waals surface area contributed by atoms with Gasteiger partial charge in [-0.3, -0.25) is 9.69 Å². The lowest BCUT2D eigenvalue weighted by Crippen LogP contribution is -2.37. The first-order valence-electron chi connectivity index (χ1n) is 10.2. The van der Waals surface area contributed by atoms with Crippen LogP contribution in [-0.2, 0) is 16.1 Å². The fourth-order valence-corrected chi connectivity index (χ4v) is 3.52. The molecule has 1 fully saturated rings. The number of benzene rings is 2. The minimum Gasteiger partial charge on any atom is -0.468 e. The molecule has 6 heteroatoms. The van der Waals surface area contributed by atoms with Gasteiger partial charge in [0.1, 0.15) is 17.3 Å². The Morgan fingerprint density at radius 2 is 1.83 bits per heavy atom. The van der Waals surface area contributed by atoms with Crippen LogP contribution in [0.25, 0.3) is 0 Å². The van der Waals surface area contributed by atoms with Crippen molar-refractivity contribution < 1.29 is 18.7 Å². The standard InChI is InChI=1S/C24H26N2O4/c27-24(18-26(16-22-8-4-14-28-22)17-23-9-5-15-29-23)25-19-10-12-21(13-11-19)30-20-6-2-1-3-7-20/h1-4,6-8,10-14,23H,5,9,15-18H2,(H,25,27). The molecule has 1 aliphatic heterocycles. The largest absolute Gasteiger partial charge is 0.468 e. The van der Waals surface area contributed by atoms with Crippen molar-refractivity contribution in [2.75, 3.05) is 25.0 Å². The summed E-state index contributed by atoms with van der Waals surface area (Å²) in [7, 11) is 0. The van der Waals surface area contributed by atoms with Crippen molar-refractivity contribution in [2.45, 2.75) is 25.5 Å². The van der Waals surface area contributed by atoms with E-state index in [0.29, 0.717) is 13.1 Å². The molecule has 1 aromatic heterocycles. The highest BCUT2D eigenvalue weighted by molar-refractivity contribution is 5.92. The number of carbonyl (C=O) groups excluding carboxylic acids is 1. The molecule has 156 valence electrons. The normalized spacial score (nSPS) is 16.0. The number of anilines is 1. The summed E-state index contributed by atoms with van der Waals surface area (Å²) in [6.07, 6.45) is 3.92. The van der Waals surface area contributed by atoms with Gasteiger partial charge < -0.3 is 19.2 Å². The predicted octanol–water partition coefficient (Wildman–Crippen LogP) is 4.69. The summed E-state index contributed by atoms with van der Waals surface area (Å²) in [6.45, 7) is 2.34. The van der Waals surface area contributed by atoms with Crippen LogP contribution in [0, 0.1) is 0 Å². The number of para-hydroxylation sites is 1. The SMILES string of the molecule is O=C(CN(Cc1ccco1)CC1CCCO1)Nc1ccc(Oc2ccccc2)cc1. The minimum atomic E-state index is -0.0729. The molecule has 0 radical (unpaired) electrons. The van der Waals surface area contributed by atoms with Crippen molar-refractivity contribution in [3.05, 3.63) is 78.8 Å². The summed E-state index contributed by atoms with van der Waals surface area (Å²) in [5, 5.41) is 2.96. The molecule has 3 aromatic rings. The third kappa shape index (κ3) is 5.95. The molecule has 1 unspecified atom stereocenters. The second-order valence-corrected chi connectivity index (χ2v) is 7.37. The van der Waals surface area contributed by atoms with E-state index in [9.17, 15) is 4.79 Å². The van der Waals surface area contributed by atoms with E-state index in [0.717, 1.165) is 42.4 Å². The summed E-state index contributed by atoms with van der Waals surface area (Å²) in [5.74, 6) is 2.26. The molecule has 4 rings (SSSR count). The van der Waals surface area contributed by atoms with E-state index >= 15 is 0 Å². The quantitative estimate of drug-likeness (QED) is 0.558. The monoisotopic (exact) mass is 406 g/mol. The van der Waals surface area contributed by atoms with Gasteiger partial charge in [-0.2, -0.15) is 0 Å². The molecule has 0 spiro atoms. The lowest BCUT2D eigenvalue weighted by Gasteiger charge is -2.23. The third-order valence-electron chi connectivity index (χ3n) is 4.93. The molecule has 2 aromatic carbocycles. The first kappa shape index (κ1) is 20.2. The van der Waals surface area contributed by atoms with E-state index in [2.05, 4.69) is 10.2 Å². The van der Waals surface area contributed by atoms with Crippen LogP contribution in [0.3, 0.4) is 0 Å². The van der Waals surface area contributed by atoms with E-state index in [1.165, 1.54) is 0 Å². The van der Waals surface area contributed by atoms with Gasteiger partial charge >= 0.3 is 0 Å². The van der Waals surface area contributed by atoms with Gasteiger partial charge in [0.25, 0.3) is 0 Å². The molecule has 0 saturated carbocycles. The highest BCUT2D eigenvalue weighted by Crippen LogP contribution is 2.22. The van der Waals surface area contributed by atoms with Crippen molar-refractivity contribution >= 4 is 11.6 Å². The first-order chi connectivity index (χ1) is 14.7. The van der Waals surface area contributed by atoms with Crippen LogP contribution in [0.1, 0.15) is 18.6 Å². The van der Waals surface area contributed by atoms with Crippen LogP contribution < -0.4 is 10.1 Å². The maximum Gasteiger partial charge on any atom is 0.238 e. The number of amides is 1. The summed E-state index contributed by atoms with van der Waals surface area (Å²) >= 11 is 0. The maximum atomic E-state index is 12.6. The van der Waals surface area contributed by atoms with Gasteiger partial charge in [0.2, 0.25) is 5.91 Å².